The molecule has 3 heterocycles. The third-order valence-electron chi connectivity index (χ3n) is 5.32. The van der Waals surface area contributed by atoms with E-state index < -0.39 is 0 Å². The zero-order valence-corrected chi connectivity index (χ0v) is 14.2. The number of hydrogen-bond acceptors (Lipinski definition) is 4. The Kier molecular flexibility index (Phi) is 4.38. The molecule has 1 aliphatic carbocycles. The zero-order chi connectivity index (χ0) is 17.2. The predicted molar refractivity (Wildman–Crippen MR) is 92.0 cm³/mol. The van der Waals surface area contributed by atoms with Gasteiger partial charge in [0.15, 0.2) is 0 Å². The van der Waals surface area contributed by atoms with Gasteiger partial charge in [-0.3, -0.25) is 14.3 Å². The monoisotopic (exact) mass is 341 g/mol. The van der Waals surface area contributed by atoms with Crippen LogP contribution in [-0.4, -0.2) is 31.3 Å². The molecule has 2 aromatic rings. The zero-order valence-electron chi connectivity index (χ0n) is 14.2. The average molecular weight is 341 g/mol. The highest BCUT2D eigenvalue weighted by Gasteiger charge is 2.28. The second-order valence-corrected chi connectivity index (χ2v) is 7.02. The first-order valence-corrected chi connectivity index (χ1v) is 9.06. The number of rotatable bonds is 4. The van der Waals surface area contributed by atoms with Crippen molar-refractivity contribution in [1.29, 1.82) is 0 Å². The van der Waals surface area contributed by atoms with Crippen molar-refractivity contribution < 1.29 is 4.79 Å². The van der Waals surface area contributed by atoms with Crippen LogP contribution in [-0.2, 0) is 24.3 Å². The average Bonchev–Trinajstić information content (AvgIpc) is 2.76. The number of carbonyl (C=O) groups excluding carboxylic acids is 1. The van der Waals surface area contributed by atoms with Crippen LogP contribution in [0.15, 0.2) is 29.3 Å². The van der Waals surface area contributed by atoms with Crippen LogP contribution in [0, 0.1) is 5.92 Å². The fourth-order valence-corrected chi connectivity index (χ4v) is 3.53. The van der Waals surface area contributed by atoms with Gasteiger partial charge >= 0.3 is 5.69 Å². The minimum atomic E-state index is -0.0909. The molecule has 25 heavy (non-hydrogen) atoms. The van der Waals surface area contributed by atoms with E-state index in [1.807, 2.05) is 12.1 Å². The van der Waals surface area contributed by atoms with Gasteiger partial charge in [-0.15, -0.1) is 0 Å². The Morgan fingerprint density at radius 3 is 2.72 bits per heavy atom. The van der Waals surface area contributed by atoms with Crippen LogP contribution >= 0.6 is 0 Å². The molecule has 4 rings (SSSR count). The Morgan fingerprint density at radius 2 is 2.00 bits per heavy atom. The maximum absolute atomic E-state index is 12.6. The van der Waals surface area contributed by atoms with E-state index in [2.05, 4.69) is 15.4 Å². The molecular formula is C18H23N5O2. The summed E-state index contributed by atoms with van der Waals surface area (Å²) in [6.45, 7) is 1.01. The second-order valence-electron chi connectivity index (χ2n) is 7.02. The van der Waals surface area contributed by atoms with Gasteiger partial charge in [0, 0.05) is 37.3 Å². The molecule has 7 nitrogen and oxygen atoms in total. The summed E-state index contributed by atoms with van der Waals surface area (Å²) in [6.07, 6.45) is 8.96. The number of aryl methyl sites for hydroxylation is 1. The van der Waals surface area contributed by atoms with Gasteiger partial charge < -0.3 is 5.32 Å². The van der Waals surface area contributed by atoms with Crippen molar-refractivity contribution in [2.24, 2.45) is 5.92 Å². The Labute approximate surface area is 146 Å². The molecule has 0 bridgehead atoms. The lowest BCUT2D eigenvalue weighted by molar-refractivity contribution is -0.126. The molecule has 0 saturated heterocycles. The van der Waals surface area contributed by atoms with Crippen LogP contribution in [0.3, 0.4) is 0 Å². The number of hydrogen-bond donors (Lipinski definition) is 1. The van der Waals surface area contributed by atoms with Crippen molar-refractivity contribution in [1.82, 2.24) is 24.6 Å². The van der Waals surface area contributed by atoms with E-state index in [-0.39, 0.29) is 17.5 Å². The largest absolute Gasteiger partial charge is 0.353 e. The minimum Gasteiger partial charge on any atom is -0.353 e. The highest BCUT2D eigenvalue weighted by atomic mass is 16.2. The number of aromatic nitrogens is 4. The Morgan fingerprint density at radius 1 is 1.20 bits per heavy atom. The SMILES string of the molecule is O=C(NC1CCC1)C1CCc2nn(Cc3ccncc3)c(=O)n2CC1. The van der Waals surface area contributed by atoms with Gasteiger partial charge in [-0.05, 0) is 49.8 Å². The fourth-order valence-electron chi connectivity index (χ4n) is 3.53. The van der Waals surface area contributed by atoms with Crippen LogP contribution < -0.4 is 11.0 Å². The van der Waals surface area contributed by atoms with E-state index in [0.29, 0.717) is 32.0 Å². The van der Waals surface area contributed by atoms with Crippen molar-refractivity contribution in [3.8, 4) is 0 Å². The number of pyridine rings is 1. The van der Waals surface area contributed by atoms with Crippen molar-refractivity contribution in [3.05, 3.63) is 46.4 Å². The summed E-state index contributed by atoms with van der Waals surface area (Å²) in [5, 5.41) is 7.64. The molecule has 0 spiro atoms. The standard InChI is InChI=1S/C18H23N5O2/c24-17(20-15-2-1-3-15)14-4-5-16-21-23(18(25)22(16)11-8-14)12-13-6-9-19-10-7-13/h6-7,9-10,14-15H,1-5,8,11-12H2,(H,20,24). The van der Waals surface area contributed by atoms with Crippen molar-refractivity contribution >= 4 is 5.91 Å². The maximum Gasteiger partial charge on any atom is 0.346 e. The number of fused-ring (bicyclic) bond motifs is 1. The van der Waals surface area contributed by atoms with Crippen LogP contribution in [0.25, 0.3) is 0 Å². The first kappa shape index (κ1) is 16.1. The number of carbonyl (C=O) groups is 1. The summed E-state index contributed by atoms with van der Waals surface area (Å²) in [5.74, 6) is 0.918. The summed E-state index contributed by atoms with van der Waals surface area (Å²) in [4.78, 5) is 29.0. The van der Waals surface area contributed by atoms with Crippen molar-refractivity contribution in [2.45, 2.75) is 57.7 Å². The van der Waals surface area contributed by atoms with Gasteiger partial charge in [0.05, 0.1) is 6.54 Å². The third-order valence-corrected chi connectivity index (χ3v) is 5.32. The van der Waals surface area contributed by atoms with Gasteiger partial charge in [-0.1, -0.05) is 0 Å². The molecule has 7 heteroatoms. The smallest absolute Gasteiger partial charge is 0.346 e. The highest BCUT2D eigenvalue weighted by Crippen LogP contribution is 2.22. The van der Waals surface area contributed by atoms with E-state index in [9.17, 15) is 9.59 Å². The lowest BCUT2D eigenvalue weighted by Gasteiger charge is -2.28. The molecule has 0 radical (unpaired) electrons. The van der Waals surface area contributed by atoms with Crippen molar-refractivity contribution in [2.75, 3.05) is 0 Å². The van der Waals surface area contributed by atoms with Crippen LogP contribution in [0.5, 0.6) is 0 Å². The summed E-state index contributed by atoms with van der Waals surface area (Å²) in [7, 11) is 0. The molecule has 1 amide bonds. The molecule has 1 atom stereocenters. The van der Waals surface area contributed by atoms with E-state index in [1.54, 1.807) is 17.0 Å². The molecular weight excluding hydrogens is 318 g/mol. The lowest BCUT2D eigenvalue weighted by Crippen LogP contribution is -2.42. The Balaban J connectivity index is 1.44. The first-order chi connectivity index (χ1) is 12.2. The highest BCUT2D eigenvalue weighted by molar-refractivity contribution is 5.79. The number of nitrogens with zero attached hydrogens (tertiary/aromatic N) is 4. The van der Waals surface area contributed by atoms with E-state index in [1.165, 1.54) is 11.1 Å². The fraction of sp³-hybridized carbons (Fsp3) is 0.556. The maximum atomic E-state index is 12.6. The molecule has 1 N–H and O–H groups in total. The Bertz CT molecular complexity index is 807. The van der Waals surface area contributed by atoms with Gasteiger partial charge in [0.2, 0.25) is 5.91 Å². The van der Waals surface area contributed by atoms with Crippen LogP contribution in [0.1, 0.15) is 43.5 Å². The number of nitrogens with one attached hydrogen (secondary N) is 1. The molecule has 1 fully saturated rings. The van der Waals surface area contributed by atoms with Gasteiger partial charge in [0.1, 0.15) is 5.82 Å². The Hall–Kier alpha value is -2.44. The molecule has 1 aliphatic heterocycles. The second kappa shape index (κ2) is 6.82. The summed E-state index contributed by atoms with van der Waals surface area (Å²) in [6, 6.07) is 4.14. The molecule has 1 saturated carbocycles. The van der Waals surface area contributed by atoms with E-state index >= 15 is 0 Å². The normalized spacial score (nSPS) is 20.4. The number of amides is 1. The summed E-state index contributed by atoms with van der Waals surface area (Å²) < 4.78 is 3.25. The molecule has 1 unspecified atom stereocenters. The molecule has 2 aliphatic rings. The lowest BCUT2D eigenvalue weighted by atomic mass is 9.91. The van der Waals surface area contributed by atoms with E-state index in [0.717, 1.165) is 30.7 Å². The van der Waals surface area contributed by atoms with Gasteiger partial charge in [-0.25, -0.2) is 9.48 Å². The minimum absolute atomic E-state index is 0.0182. The van der Waals surface area contributed by atoms with Gasteiger partial charge in [-0.2, -0.15) is 5.10 Å². The molecule has 2 aromatic heterocycles. The first-order valence-electron chi connectivity index (χ1n) is 9.06. The topological polar surface area (TPSA) is 81.8 Å². The predicted octanol–water partition coefficient (Wildman–Crippen LogP) is 1.11. The van der Waals surface area contributed by atoms with Crippen molar-refractivity contribution in [3.63, 3.8) is 0 Å². The van der Waals surface area contributed by atoms with Gasteiger partial charge in [0.25, 0.3) is 0 Å². The summed E-state index contributed by atoms with van der Waals surface area (Å²) >= 11 is 0. The summed E-state index contributed by atoms with van der Waals surface area (Å²) in [5.41, 5.74) is 0.912. The quantitative estimate of drug-likeness (QED) is 0.903. The van der Waals surface area contributed by atoms with Crippen LogP contribution in [0.2, 0.25) is 0 Å². The van der Waals surface area contributed by atoms with E-state index in [4.69, 9.17) is 0 Å². The third kappa shape index (κ3) is 3.36. The van der Waals surface area contributed by atoms with Crippen LogP contribution in [0.4, 0.5) is 0 Å². The molecule has 0 aromatic carbocycles. The molecule has 132 valence electrons.